The summed E-state index contributed by atoms with van der Waals surface area (Å²) in [6.07, 6.45) is 0. The van der Waals surface area contributed by atoms with Crippen LogP contribution in [0.4, 0.5) is 0 Å². The van der Waals surface area contributed by atoms with Gasteiger partial charge in [-0.05, 0) is 23.4 Å². The summed E-state index contributed by atoms with van der Waals surface area (Å²) in [6, 6.07) is 7.92. The van der Waals surface area contributed by atoms with Gasteiger partial charge in [-0.15, -0.1) is 12.4 Å². The van der Waals surface area contributed by atoms with E-state index in [1.54, 1.807) is 0 Å². The van der Waals surface area contributed by atoms with Gasteiger partial charge in [-0.2, -0.15) is 11.8 Å². The summed E-state index contributed by atoms with van der Waals surface area (Å²) in [7, 11) is 0. The van der Waals surface area contributed by atoms with Gasteiger partial charge in [0.1, 0.15) is 0 Å². The Morgan fingerprint density at radius 3 is 2.58 bits per heavy atom. The lowest BCUT2D eigenvalue weighted by Gasteiger charge is -2.27. The van der Waals surface area contributed by atoms with Crippen molar-refractivity contribution in [1.29, 1.82) is 0 Å². The smallest absolute Gasteiger partial charge is 0.251 e. The van der Waals surface area contributed by atoms with E-state index in [1.165, 1.54) is 5.56 Å². The number of rotatable bonds is 6. The minimum Gasteiger partial charge on any atom is -0.352 e. The Morgan fingerprint density at radius 1 is 1.37 bits per heavy atom. The molecule has 1 heterocycles. The zero-order valence-corrected chi connectivity index (χ0v) is 12.8. The molecule has 0 aliphatic carbocycles. The number of carbonyl (C=O) groups excluding carboxylic acids is 1. The van der Waals surface area contributed by atoms with E-state index < -0.39 is 0 Å². The monoisotopic (exact) mass is 300 g/mol. The molecule has 1 aromatic rings. The highest BCUT2D eigenvalue weighted by Gasteiger charge is 2.17. The molecule has 0 aromatic heterocycles. The molecule has 0 radical (unpaired) electrons. The van der Waals surface area contributed by atoms with Crippen LogP contribution < -0.4 is 10.6 Å². The normalized spacial score (nSPS) is 14.4. The Balaban J connectivity index is 0.00000180. The number of thioether (sulfide) groups is 1. The maximum atomic E-state index is 11.9. The minimum atomic E-state index is 0. The van der Waals surface area contributed by atoms with Gasteiger partial charge in [0, 0.05) is 36.9 Å². The molecule has 1 amide bonds. The van der Waals surface area contributed by atoms with Crippen LogP contribution in [-0.4, -0.2) is 31.3 Å². The summed E-state index contributed by atoms with van der Waals surface area (Å²) in [5.74, 6) is 2.79. The van der Waals surface area contributed by atoms with Crippen molar-refractivity contribution in [2.45, 2.75) is 12.7 Å². The van der Waals surface area contributed by atoms with Crippen LogP contribution in [0.15, 0.2) is 24.3 Å². The molecule has 19 heavy (non-hydrogen) atoms. The fourth-order valence-corrected chi connectivity index (χ4v) is 2.44. The number of nitrogens with one attached hydrogen (secondary N) is 2. The highest BCUT2D eigenvalue weighted by atomic mass is 35.5. The molecule has 106 valence electrons. The summed E-state index contributed by atoms with van der Waals surface area (Å²) in [6.45, 7) is 4.97. The Hall–Kier alpha value is -0.710. The summed E-state index contributed by atoms with van der Waals surface area (Å²) in [4.78, 5) is 11.9. The first-order chi connectivity index (χ1) is 8.79. The average Bonchev–Trinajstić information content (AvgIpc) is 2.35. The third kappa shape index (κ3) is 5.05. The number of benzene rings is 1. The molecule has 1 fully saturated rings. The fourth-order valence-electron chi connectivity index (χ4n) is 1.80. The van der Waals surface area contributed by atoms with Crippen molar-refractivity contribution >= 4 is 30.1 Å². The predicted molar refractivity (Wildman–Crippen MR) is 84.2 cm³/mol. The van der Waals surface area contributed by atoms with Gasteiger partial charge < -0.3 is 10.6 Å². The molecule has 5 heteroatoms. The zero-order valence-electron chi connectivity index (χ0n) is 11.1. The summed E-state index contributed by atoms with van der Waals surface area (Å²) >= 11 is 1.89. The van der Waals surface area contributed by atoms with E-state index in [-0.39, 0.29) is 18.3 Å². The van der Waals surface area contributed by atoms with Crippen molar-refractivity contribution in [3.05, 3.63) is 35.4 Å². The van der Waals surface area contributed by atoms with Crippen LogP contribution in [0.2, 0.25) is 0 Å². The molecule has 1 aromatic carbocycles. The number of carbonyl (C=O) groups is 1. The van der Waals surface area contributed by atoms with E-state index in [9.17, 15) is 4.79 Å². The SMILES string of the molecule is CCSCc1ccc(C(=O)NCC2CNC2)cc1.Cl. The molecular weight excluding hydrogens is 280 g/mol. The maximum Gasteiger partial charge on any atom is 0.251 e. The van der Waals surface area contributed by atoms with Crippen molar-refractivity contribution in [1.82, 2.24) is 10.6 Å². The largest absolute Gasteiger partial charge is 0.352 e. The molecular formula is C14H21ClN2OS. The lowest BCUT2D eigenvalue weighted by Crippen LogP contribution is -2.48. The highest BCUT2D eigenvalue weighted by molar-refractivity contribution is 7.98. The third-order valence-corrected chi connectivity index (χ3v) is 4.05. The van der Waals surface area contributed by atoms with Crippen molar-refractivity contribution < 1.29 is 4.79 Å². The van der Waals surface area contributed by atoms with Gasteiger partial charge in [0.15, 0.2) is 0 Å². The molecule has 1 saturated heterocycles. The number of amides is 1. The van der Waals surface area contributed by atoms with Crippen LogP contribution in [-0.2, 0) is 5.75 Å². The molecule has 2 rings (SSSR count). The summed E-state index contributed by atoms with van der Waals surface area (Å²) in [5, 5.41) is 6.18. The molecule has 2 N–H and O–H groups in total. The second-order valence-corrected chi connectivity index (χ2v) is 5.84. The van der Waals surface area contributed by atoms with Gasteiger partial charge in [-0.25, -0.2) is 0 Å². The van der Waals surface area contributed by atoms with Gasteiger partial charge in [0.05, 0.1) is 0 Å². The zero-order chi connectivity index (χ0) is 12.8. The number of hydrogen-bond donors (Lipinski definition) is 2. The molecule has 0 saturated carbocycles. The van der Waals surface area contributed by atoms with Gasteiger partial charge in [0.25, 0.3) is 5.91 Å². The van der Waals surface area contributed by atoms with E-state index in [1.807, 2.05) is 36.0 Å². The Kier molecular flexibility index (Phi) is 7.28. The number of hydrogen-bond acceptors (Lipinski definition) is 3. The van der Waals surface area contributed by atoms with Crippen LogP contribution in [0.3, 0.4) is 0 Å². The van der Waals surface area contributed by atoms with E-state index in [0.29, 0.717) is 5.92 Å². The molecule has 3 nitrogen and oxygen atoms in total. The molecule has 0 atom stereocenters. The number of halogens is 1. The van der Waals surface area contributed by atoms with Gasteiger partial charge in [-0.1, -0.05) is 19.1 Å². The second kappa shape index (κ2) is 8.46. The van der Waals surface area contributed by atoms with Crippen molar-refractivity contribution in [3.63, 3.8) is 0 Å². The first-order valence-corrected chi connectivity index (χ1v) is 7.60. The van der Waals surface area contributed by atoms with Crippen molar-refractivity contribution in [2.24, 2.45) is 5.92 Å². The highest BCUT2D eigenvalue weighted by Crippen LogP contribution is 2.12. The van der Waals surface area contributed by atoms with E-state index >= 15 is 0 Å². The standard InChI is InChI=1S/C14H20N2OS.ClH/c1-2-18-10-11-3-5-13(6-4-11)14(17)16-9-12-7-15-8-12;/h3-6,12,15H,2,7-10H2,1H3,(H,16,17);1H. The quantitative estimate of drug-likeness (QED) is 0.847. The van der Waals surface area contributed by atoms with E-state index in [0.717, 1.165) is 36.7 Å². The first-order valence-electron chi connectivity index (χ1n) is 6.45. The lowest BCUT2D eigenvalue weighted by molar-refractivity contribution is 0.0942. The molecule has 0 unspecified atom stereocenters. The van der Waals surface area contributed by atoms with Crippen LogP contribution in [0.1, 0.15) is 22.8 Å². The lowest BCUT2D eigenvalue weighted by atomic mass is 10.0. The van der Waals surface area contributed by atoms with Gasteiger partial charge in [0.2, 0.25) is 0 Å². The topological polar surface area (TPSA) is 41.1 Å². The van der Waals surface area contributed by atoms with Crippen molar-refractivity contribution in [3.8, 4) is 0 Å². The van der Waals surface area contributed by atoms with Gasteiger partial charge >= 0.3 is 0 Å². The van der Waals surface area contributed by atoms with Crippen LogP contribution in [0.5, 0.6) is 0 Å². The Morgan fingerprint density at radius 2 is 2.05 bits per heavy atom. The molecule has 1 aliphatic rings. The van der Waals surface area contributed by atoms with Gasteiger partial charge in [-0.3, -0.25) is 4.79 Å². The van der Waals surface area contributed by atoms with E-state index in [4.69, 9.17) is 0 Å². The van der Waals surface area contributed by atoms with Crippen LogP contribution in [0, 0.1) is 5.92 Å². The second-order valence-electron chi connectivity index (χ2n) is 4.57. The van der Waals surface area contributed by atoms with Crippen LogP contribution in [0.25, 0.3) is 0 Å². The third-order valence-electron chi connectivity index (χ3n) is 3.11. The maximum absolute atomic E-state index is 11.9. The fraction of sp³-hybridized carbons (Fsp3) is 0.500. The molecule has 0 spiro atoms. The molecule has 0 bridgehead atoms. The van der Waals surface area contributed by atoms with Crippen molar-refractivity contribution in [2.75, 3.05) is 25.4 Å². The van der Waals surface area contributed by atoms with Crippen LogP contribution >= 0.6 is 24.2 Å². The average molecular weight is 301 g/mol. The summed E-state index contributed by atoms with van der Waals surface area (Å²) in [5.41, 5.74) is 2.04. The predicted octanol–water partition coefficient (Wildman–Crippen LogP) is 2.31. The summed E-state index contributed by atoms with van der Waals surface area (Å²) < 4.78 is 0. The Bertz CT molecular complexity index is 393. The molecule has 1 aliphatic heterocycles. The minimum absolute atomic E-state index is 0. The first kappa shape index (κ1) is 16.3. The van der Waals surface area contributed by atoms with E-state index in [2.05, 4.69) is 17.6 Å². The Labute approximate surface area is 125 Å².